The largest absolute Gasteiger partial charge is 0.347 e. The third-order valence-corrected chi connectivity index (χ3v) is 2.41. The SMILES string of the molecule is C#CCNC(=O)C1Cc2nc[nH]c2CN1. The molecule has 1 amide bonds. The molecule has 0 radical (unpaired) electrons. The molecule has 1 aromatic rings. The minimum atomic E-state index is -0.228. The summed E-state index contributed by atoms with van der Waals surface area (Å²) in [6.45, 7) is 0.911. The fraction of sp³-hybridized carbons (Fsp3) is 0.400. The van der Waals surface area contributed by atoms with Crippen molar-refractivity contribution in [2.24, 2.45) is 0 Å². The van der Waals surface area contributed by atoms with E-state index in [1.807, 2.05) is 0 Å². The van der Waals surface area contributed by atoms with Crippen LogP contribution in [0, 0.1) is 12.3 Å². The summed E-state index contributed by atoms with van der Waals surface area (Å²) in [6, 6.07) is -0.228. The van der Waals surface area contributed by atoms with Crippen LogP contribution >= 0.6 is 0 Å². The minimum Gasteiger partial charge on any atom is -0.347 e. The van der Waals surface area contributed by atoms with Crippen LogP contribution in [0.25, 0.3) is 0 Å². The van der Waals surface area contributed by atoms with Gasteiger partial charge >= 0.3 is 0 Å². The van der Waals surface area contributed by atoms with E-state index in [0.29, 0.717) is 13.0 Å². The molecule has 1 unspecified atom stereocenters. The number of terminal acetylenes is 1. The molecule has 1 aliphatic rings. The number of carbonyl (C=O) groups excluding carboxylic acids is 1. The van der Waals surface area contributed by atoms with Gasteiger partial charge < -0.3 is 10.3 Å². The number of fused-ring (bicyclic) bond motifs is 1. The third kappa shape index (κ3) is 2.00. The van der Waals surface area contributed by atoms with E-state index < -0.39 is 0 Å². The third-order valence-electron chi connectivity index (χ3n) is 2.41. The van der Waals surface area contributed by atoms with Gasteiger partial charge in [0.25, 0.3) is 0 Å². The Morgan fingerprint density at radius 2 is 2.67 bits per heavy atom. The minimum absolute atomic E-state index is 0.0680. The van der Waals surface area contributed by atoms with Crippen LogP contribution in [0.15, 0.2) is 6.33 Å². The van der Waals surface area contributed by atoms with Gasteiger partial charge in [-0.25, -0.2) is 4.98 Å². The summed E-state index contributed by atoms with van der Waals surface area (Å²) in [5, 5.41) is 5.77. The van der Waals surface area contributed by atoms with Crippen LogP contribution in [0.2, 0.25) is 0 Å². The first kappa shape index (κ1) is 9.74. The van der Waals surface area contributed by atoms with Crippen molar-refractivity contribution in [3.05, 3.63) is 17.7 Å². The van der Waals surface area contributed by atoms with Gasteiger partial charge in [0.05, 0.1) is 30.3 Å². The number of aromatic amines is 1. The van der Waals surface area contributed by atoms with Gasteiger partial charge in [0, 0.05) is 13.0 Å². The molecule has 1 aliphatic heterocycles. The van der Waals surface area contributed by atoms with Crippen molar-refractivity contribution in [2.75, 3.05) is 6.54 Å². The van der Waals surface area contributed by atoms with Crippen molar-refractivity contribution in [2.45, 2.75) is 19.0 Å². The molecule has 0 saturated heterocycles. The number of rotatable bonds is 2. The van der Waals surface area contributed by atoms with Gasteiger partial charge in [-0.05, 0) is 0 Å². The Bertz CT molecular complexity index is 404. The standard InChI is InChI=1S/C10H12N4O/c1-2-3-11-10(15)8-4-7-9(5-12-8)14-6-13-7/h1,6,8,12H,3-5H2,(H,11,15)(H,13,14). The quantitative estimate of drug-likeness (QED) is 0.551. The average molecular weight is 204 g/mol. The zero-order valence-corrected chi connectivity index (χ0v) is 8.21. The smallest absolute Gasteiger partial charge is 0.238 e. The van der Waals surface area contributed by atoms with Crippen LogP contribution in [0.4, 0.5) is 0 Å². The number of hydrogen-bond acceptors (Lipinski definition) is 3. The lowest BCUT2D eigenvalue weighted by atomic mass is 10.1. The number of aromatic nitrogens is 2. The Kier molecular flexibility index (Phi) is 2.70. The first-order valence-electron chi connectivity index (χ1n) is 4.77. The Labute approximate surface area is 87.7 Å². The van der Waals surface area contributed by atoms with E-state index in [4.69, 9.17) is 6.42 Å². The zero-order chi connectivity index (χ0) is 10.7. The fourth-order valence-corrected chi connectivity index (χ4v) is 1.62. The lowest BCUT2D eigenvalue weighted by molar-refractivity contribution is -0.123. The molecule has 1 atom stereocenters. The molecule has 0 spiro atoms. The summed E-state index contributed by atoms with van der Waals surface area (Å²) in [6.07, 6.45) is 7.32. The molecule has 2 heterocycles. The number of hydrogen-bond donors (Lipinski definition) is 3. The van der Waals surface area contributed by atoms with E-state index in [1.165, 1.54) is 0 Å². The maximum atomic E-state index is 11.6. The summed E-state index contributed by atoms with van der Waals surface area (Å²) in [4.78, 5) is 18.8. The van der Waals surface area contributed by atoms with Crippen LogP contribution in [-0.4, -0.2) is 28.5 Å². The molecule has 0 aromatic carbocycles. The molecule has 5 nitrogen and oxygen atoms in total. The molecule has 2 rings (SSSR count). The van der Waals surface area contributed by atoms with E-state index >= 15 is 0 Å². The number of nitrogens with zero attached hydrogens (tertiary/aromatic N) is 1. The average Bonchev–Trinajstić information content (AvgIpc) is 2.72. The maximum absolute atomic E-state index is 11.6. The zero-order valence-electron chi connectivity index (χ0n) is 8.21. The van der Waals surface area contributed by atoms with E-state index in [2.05, 4.69) is 26.5 Å². The van der Waals surface area contributed by atoms with Gasteiger partial charge in [0.2, 0.25) is 5.91 Å². The molecule has 3 N–H and O–H groups in total. The fourth-order valence-electron chi connectivity index (χ4n) is 1.62. The molecule has 15 heavy (non-hydrogen) atoms. The van der Waals surface area contributed by atoms with Crippen LogP contribution in [0.3, 0.4) is 0 Å². The van der Waals surface area contributed by atoms with E-state index in [0.717, 1.165) is 11.4 Å². The maximum Gasteiger partial charge on any atom is 0.238 e. The highest BCUT2D eigenvalue weighted by Gasteiger charge is 2.25. The molecule has 0 fully saturated rings. The van der Waals surface area contributed by atoms with Gasteiger partial charge in [-0.15, -0.1) is 6.42 Å². The van der Waals surface area contributed by atoms with E-state index in [1.54, 1.807) is 6.33 Å². The van der Waals surface area contributed by atoms with Crippen LogP contribution in [0.5, 0.6) is 0 Å². The number of carbonyl (C=O) groups is 1. The summed E-state index contributed by atoms with van der Waals surface area (Å²) in [7, 11) is 0. The first-order chi connectivity index (χ1) is 7.31. The first-order valence-corrected chi connectivity index (χ1v) is 4.77. The molecule has 0 bridgehead atoms. The van der Waals surface area contributed by atoms with Gasteiger partial charge in [-0.2, -0.15) is 0 Å². The van der Waals surface area contributed by atoms with Crippen molar-refractivity contribution in [1.29, 1.82) is 0 Å². The van der Waals surface area contributed by atoms with Crippen molar-refractivity contribution in [3.63, 3.8) is 0 Å². The predicted molar refractivity (Wildman–Crippen MR) is 54.8 cm³/mol. The Morgan fingerprint density at radius 1 is 1.80 bits per heavy atom. The second-order valence-electron chi connectivity index (χ2n) is 3.39. The van der Waals surface area contributed by atoms with Gasteiger partial charge in [-0.3, -0.25) is 10.1 Å². The molecule has 5 heteroatoms. The van der Waals surface area contributed by atoms with E-state index in [9.17, 15) is 4.79 Å². The highest BCUT2D eigenvalue weighted by molar-refractivity contribution is 5.82. The highest BCUT2D eigenvalue weighted by Crippen LogP contribution is 2.11. The summed E-state index contributed by atoms with van der Waals surface area (Å²) in [5.41, 5.74) is 2.01. The van der Waals surface area contributed by atoms with Crippen molar-refractivity contribution in [1.82, 2.24) is 20.6 Å². The Balaban J connectivity index is 1.98. The molecular formula is C10H12N4O. The number of amides is 1. The van der Waals surface area contributed by atoms with Crippen molar-refractivity contribution < 1.29 is 4.79 Å². The second-order valence-corrected chi connectivity index (χ2v) is 3.39. The normalized spacial score (nSPS) is 19.0. The summed E-state index contributed by atoms with van der Waals surface area (Å²) < 4.78 is 0. The topological polar surface area (TPSA) is 69.8 Å². The van der Waals surface area contributed by atoms with Gasteiger partial charge in [0.1, 0.15) is 0 Å². The second kappa shape index (κ2) is 4.15. The number of H-pyrrole nitrogens is 1. The highest BCUT2D eigenvalue weighted by atomic mass is 16.2. The van der Waals surface area contributed by atoms with Crippen molar-refractivity contribution in [3.8, 4) is 12.3 Å². The lowest BCUT2D eigenvalue weighted by Gasteiger charge is -2.21. The monoisotopic (exact) mass is 204 g/mol. The molecular weight excluding hydrogens is 192 g/mol. The van der Waals surface area contributed by atoms with Crippen LogP contribution in [-0.2, 0) is 17.8 Å². The van der Waals surface area contributed by atoms with Gasteiger partial charge in [-0.1, -0.05) is 5.92 Å². The molecule has 78 valence electrons. The lowest BCUT2D eigenvalue weighted by Crippen LogP contribution is -2.47. The molecule has 1 aromatic heterocycles. The Hall–Kier alpha value is -1.80. The molecule has 0 saturated carbocycles. The van der Waals surface area contributed by atoms with Crippen molar-refractivity contribution >= 4 is 5.91 Å². The predicted octanol–water partition coefficient (Wildman–Crippen LogP) is -0.827. The number of imidazole rings is 1. The van der Waals surface area contributed by atoms with Crippen LogP contribution < -0.4 is 10.6 Å². The van der Waals surface area contributed by atoms with Crippen LogP contribution in [0.1, 0.15) is 11.4 Å². The van der Waals surface area contributed by atoms with Gasteiger partial charge in [0.15, 0.2) is 0 Å². The molecule has 0 aliphatic carbocycles. The summed E-state index contributed by atoms with van der Waals surface area (Å²) >= 11 is 0. The summed E-state index contributed by atoms with van der Waals surface area (Å²) in [5.74, 6) is 2.30. The number of nitrogens with one attached hydrogen (secondary N) is 3. The Morgan fingerprint density at radius 3 is 3.47 bits per heavy atom. The van der Waals surface area contributed by atoms with E-state index in [-0.39, 0.29) is 18.5 Å².